The van der Waals surface area contributed by atoms with E-state index < -0.39 is 11.8 Å². The number of amides is 3. The fraction of sp³-hybridized carbons (Fsp3) is 0.500. The first-order valence-electron chi connectivity index (χ1n) is 8.88. The van der Waals surface area contributed by atoms with Crippen LogP contribution in [-0.4, -0.2) is 55.4 Å². The van der Waals surface area contributed by atoms with Gasteiger partial charge in [-0.05, 0) is 44.4 Å². The molecule has 1 heterocycles. The maximum atomic E-state index is 12.7. The Labute approximate surface area is 153 Å². The first-order valence-corrected chi connectivity index (χ1v) is 8.88. The van der Waals surface area contributed by atoms with Gasteiger partial charge in [0, 0.05) is 18.7 Å². The molecule has 0 radical (unpaired) electrons. The van der Waals surface area contributed by atoms with Gasteiger partial charge in [0.1, 0.15) is 5.75 Å². The lowest BCUT2D eigenvalue weighted by Crippen LogP contribution is -2.37. The SMILES string of the molecule is CCOc1ccc(C(=O)N2CCCCC2)cc1NC(=O)CNC(=O)CN. The van der Waals surface area contributed by atoms with Gasteiger partial charge in [0.2, 0.25) is 11.8 Å². The number of ether oxygens (including phenoxy) is 1. The first-order chi connectivity index (χ1) is 12.5. The summed E-state index contributed by atoms with van der Waals surface area (Å²) in [4.78, 5) is 37.7. The zero-order valence-electron chi connectivity index (χ0n) is 15.0. The van der Waals surface area contributed by atoms with Crippen LogP contribution >= 0.6 is 0 Å². The Morgan fingerprint density at radius 3 is 2.54 bits per heavy atom. The highest BCUT2D eigenvalue weighted by atomic mass is 16.5. The average molecular weight is 362 g/mol. The minimum atomic E-state index is -0.421. The van der Waals surface area contributed by atoms with Crippen LogP contribution in [0, 0.1) is 0 Å². The van der Waals surface area contributed by atoms with Gasteiger partial charge in [0.05, 0.1) is 25.4 Å². The molecule has 3 amide bonds. The predicted octanol–water partition coefficient (Wildman–Crippen LogP) is 0.725. The van der Waals surface area contributed by atoms with Gasteiger partial charge < -0.3 is 26.0 Å². The summed E-state index contributed by atoms with van der Waals surface area (Å²) in [6, 6.07) is 4.99. The van der Waals surface area contributed by atoms with Crippen molar-refractivity contribution in [2.75, 3.05) is 38.1 Å². The molecule has 2 rings (SSSR count). The Kier molecular flexibility index (Phi) is 7.40. The molecule has 4 N–H and O–H groups in total. The Hall–Kier alpha value is -2.61. The molecule has 0 aromatic heterocycles. The number of hydrogen-bond acceptors (Lipinski definition) is 5. The van der Waals surface area contributed by atoms with Crippen molar-refractivity contribution in [3.63, 3.8) is 0 Å². The van der Waals surface area contributed by atoms with Gasteiger partial charge in [0.15, 0.2) is 0 Å². The molecule has 1 saturated heterocycles. The topological polar surface area (TPSA) is 114 Å². The first kappa shape index (κ1) is 19.7. The van der Waals surface area contributed by atoms with Crippen LogP contribution in [0.4, 0.5) is 5.69 Å². The summed E-state index contributed by atoms with van der Waals surface area (Å²) in [5.74, 6) is -0.421. The lowest BCUT2D eigenvalue weighted by molar-refractivity contribution is -0.123. The molecule has 8 nitrogen and oxygen atoms in total. The van der Waals surface area contributed by atoms with Gasteiger partial charge in [-0.1, -0.05) is 0 Å². The zero-order valence-corrected chi connectivity index (χ0v) is 15.0. The van der Waals surface area contributed by atoms with E-state index >= 15 is 0 Å². The molecule has 0 aliphatic carbocycles. The summed E-state index contributed by atoms with van der Waals surface area (Å²) in [5, 5.41) is 5.08. The van der Waals surface area contributed by atoms with E-state index in [4.69, 9.17) is 10.5 Å². The third-order valence-electron chi connectivity index (χ3n) is 4.08. The van der Waals surface area contributed by atoms with Crippen molar-refractivity contribution < 1.29 is 19.1 Å². The molecule has 1 fully saturated rings. The van der Waals surface area contributed by atoms with Crippen LogP contribution in [0.25, 0.3) is 0 Å². The van der Waals surface area contributed by atoms with Crippen LogP contribution in [0.5, 0.6) is 5.75 Å². The lowest BCUT2D eigenvalue weighted by atomic mass is 10.1. The second-order valence-electron chi connectivity index (χ2n) is 6.03. The van der Waals surface area contributed by atoms with Crippen LogP contribution < -0.4 is 21.1 Å². The number of piperidine rings is 1. The van der Waals surface area contributed by atoms with Crippen LogP contribution in [0.2, 0.25) is 0 Å². The van der Waals surface area contributed by atoms with Crippen molar-refractivity contribution in [1.29, 1.82) is 0 Å². The van der Waals surface area contributed by atoms with E-state index in [1.807, 2.05) is 11.8 Å². The van der Waals surface area contributed by atoms with E-state index in [2.05, 4.69) is 10.6 Å². The van der Waals surface area contributed by atoms with Crippen molar-refractivity contribution >= 4 is 23.4 Å². The molecular formula is C18H26N4O4. The summed E-state index contributed by atoms with van der Waals surface area (Å²) in [7, 11) is 0. The minimum Gasteiger partial charge on any atom is -0.492 e. The maximum Gasteiger partial charge on any atom is 0.253 e. The van der Waals surface area contributed by atoms with E-state index in [-0.39, 0.29) is 19.0 Å². The van der Waals surface area contributed by atoms with Gasteiger partial charge >= 0.3 is 0 Å². The Morgan fingerprint density at radius 2 is 1.88 bits per heavy atom. The van der Waals surface area contributed by atoms with Gasteiger partial charge in [-0.3, -0.25) is 14.4 Å². The van der Waals surface area contributed by atoms with E-state index in [9.17, 15) is 14.4 Å². The van der Waals surface area contributed by atoms with Crippen LogP contribution in [-0.2, 0) is 9.59 Å². The fourth-order valence-corrected chi connectivity index (χ4v) is 2.77. The molecule has 8 heteroatoms. The Morgan fingerprint density at radius 1 is 1.15 bits per heavy atom. The minimum absolute atomic E-state index is 0.0559. The number of carbonyl (C=O) groups is 3. The molecule has 1 aliphatic rings. The van der Waals surface area contributed by atoms with Gasteiger partial charge in [-0.2, -0.15) is 0 Å². The van der Waals surface area contributed by atoms with Crippen molar-refractivity contribution in [3.8, 4) is 5.75 Å². The number of rotatable bonds is 7. The molecule has 0 saturated carbocycles. The molecular weight excluding hydrogens is 336 g/mol. The Balaban J connectivity index is 2.12. The number of hydrogen-bond donors (Lipinski definition) is 3. The highest BCUT2D eigenvalue weighted by Crippen LogP contribution is 2.27. The molecule has 142 valence electrons. The molecule has 1 aromatic rings. The number of anilines is 1. The van der Waals surface area contributed by atoms with Gasteiger partial charge in [-0.25, -0.2) is 0 Å². The van der Waals surface area contributed by atoms with E-state index in [0.29, 0.717) is 23.6 Å². The zero-order chi connectivity index (χ0) is 18.9. The molecule has 1 aliphatic heterocycles. The lowest BCUT2D eigenvalue weighted by Gasteiger charge is -2.27. The van der Waals surface area contributed by atoms with Crippen molar-refractivity contribution in [2.24, 2.45) is 5.73 Å². The van der Waals surface area contributed by atoms with Gasteiger partial charge in [-0.15, -0.1) is 0 Å². The largest absolute Gasteiger partial charge is 0.492 e. The third kappa shape index (κ3) is 5.45. The van der Waals surface area contributed by atoms with E-state index in [1.54, 1.807) is 18.2 Å². The standard InChI is InChI=1S/C18H26N4O4/c1-2-26-15-7-6-13(18(25)22-8-4-3-5-9-22)10-14(15)21-17(24)12-20-16(23)11-19/h6-7,10H,2-5,8-9,11-12,19H2,1H3,(H,20,23)(H,21,24). The second-order valence-corrected chi connectivity index (χ2v) is 6.03. The van der Waals surface area contributed by atoms with Crippen molar-refractivity contribution in [1.82, 2.24) is 10.2 Å². The number of nitrogens with one attached hydrogen (secondary N) is 2. The molecule has 1 aromatic carbocycles. The third-order valence-corrected chi connectivity index (χ3v) is 4.08. The average Bonchev–Trinajstić information content (AvgIpc) is 2.67. The van der Waals surface area contributed by atoms with E-state index in [0.717, 1.165) is 32.4 Å². The quantitative estimate of drug-likeness (QED) is 0.661. The molecule has 0 spiro atoms. The normalized spacial score (nSPS) is 13.8. The number of likely N-dealkylation sites (tertiary alicyclic amines) is 1. The summed E-state index contributed by atoms with van der Waals surface area (Å²) < 4.78 is 5.52. The summed E-state index contributed by atoms with van der Waals surface area (Å²) in [5.41, 5.74) is 6.09. The van der Waals surface area contributed by atoms with Crippen molar-refractivity contribution in [2.45, 2.75) is 26.2 Å². The molecule has 0 unspecified atom stereocenters. The van der Waals surface area contributed by atoms with Crippen LogP contribution in [0.15, 0.2) is 18.2 Å². The van der Waals surface area contributed by atoms with Gasteiger partial charge in [0.25, 0.3) is 5.91 Å². The number of benzene rings is 1. The van der Waals surface area contributed by atoms with E-state index in [1.165, 1.54) is 0 Å². The molecule has 26 heavy (non-hydrogen) atoms. The van der Waals surface area contributed by atoms with Crippen molar-refractivity contribution in [3.05, 3.63) is 23.8 Å². The highest BCUT2D eigenvalue weighted by Gasteiger charge is 2.20. The van der Waals surface area contributed by atoms with Crippen LogP contribution in [0.1, 0.15) is 36.5 Å². The smallest absolute Gasteiger partial charge is 0.253 e. The monoisotopic (exact) mass is 362 g/mol. The maximum absolute atomic E-state index is 12.7. The molecule has 0 bridgehead atoms. The fourth-order valence-electron chi connectivity index (χ4n) is 2.77. The van der Waals surface area contributed by atoms with Crippen LogP contribution in [0.3, 0.4) is 0 Å². The summed E-state index contributed by atoms with van der Waals surface area (Å²) in [6.07, 6.45) is 3.16. The summed E-state index contributed by atoms with van der Waals surface area (Å²) in [6.45, 7) is 3.37. The number of carbonyl (C=O) groups excluding carboxylic acids is 3. The highest BCUT2D eigenvalue weighted by molar-refractivity contribution is 5.99. The second kappa shape index (κ2) is 9.76. The number of nitrogens with zero attached hydrogens (tertiary/aromatic N) is 1. The summed E-state index contributed by atoms with van der Waals surface area (Å²) >= 11 is 0. The molecule has 0 atom stereocenters. The Bertz CT molecular complexity index is 657. The number of nitrogens with two attached hydrogens (primary N) is 1. The predicted molar refractivity (Wildman–Crippen MR) is 98.1 cm³/mol.